The van der Waals surface area contributed by atoms with Crippen molar-refractivity contribution in [2.24, 2.45) is 5.92 Å². The van der Waals surface area contributed by atoms with Gasteiger partial charge >= 0.3 is 5.97 Å². The minimum Gasteiger partial charge on any atom is -0.465 e. The molecule has 0 aliphatic heterocycles. The van der Waals surface area contributed by atoms with Gasteiger partial charge in [0.05, 0.1) is 23.4 Å². The highest BCUT2D eigenvalue weighted by atomic mass is 35.5. The third-order valence-electron chi connectivity index (χ3n) is 4.30. The lowest BCUT2D eigenvalue weighted by atomic mass is 9.86. The molecule has 4 nitrogen and oxygen atoms in total. The molecule has 0 amide bonds. The van der Waals surface area contributed by atoms with Crippen molar-refractivity contribution < 1.29 is 9.53 Å². The monoisotopic (exact) mass is 310 g/mol. The van der Waals surface area contributed by atoms with Gasteiger partial charge in [-0.1, -0.05) is 31.4 Å². The van der Waals surface area contributed by atoms with Gasteiger partial charge in [-0.15, -0.1) is 0 Å². The molecule has 1 aliphatic rings. The van der Waals surface area contributed by atoms with E-state index in [1.807, 2.05) is 7.05 Å². The Morgan fingerprint density at radius 3 is 2.76 bits per heavy atom. The largest absolute Gasteiger partial charge is 0.465 e. The molecule has 0 heterocycles. The number of methoxy groups -OCH3 is 1. The Bertz CT molecular complexity index is 533. The molecule has 1 fully saturated rings. The number of esters is 1. The van der Waals surface area contributed by atoms with Gasteiger partial charge in [-0.05, 0) is 30.9 Å². The molecule has 2 rings (SSSR count). The summed E-state index contributed by atoms with van der Waals surface area (Å²) in [5.41, 5.74) is 7.43. The summed E-state index contributed by atoms with van der Waals surface area (Å²) >= 11 is 6.36. The number of rotatable bonds is 3. The molecule has 2 unspecified atom stereocenters. The lowest BCUT2D eigenvalue weighted by Crippen LogP contribution is -2.36. The van der Waals surface area contributed by atoms with Crippen molar-refractivity contribution in [3.8, 4) is 0 Å². The van der Waals surface area contributed by atoms with Crippen molar-refractivity contribution >= 4 is 28.9 Å². The third-order valence-corrected chi connectivity index (χ3v) is 4.59. The highest BCUT2D eigenvalue weighted by molar-refractivity contribution is 6.34. The number of anilines is 2. The van der Waals surface area contributed by atoms with Crippen LogP contribution >= 0.6 is 11.6 Å². The molecule has 1 aliphatic carbocycles. The van der Waals surface area contributed by atoms with Crippen LogP contribution in [0.1, 0.15) is 43.0 Å². The Morgan fingerprint density at radius 2 is 2.14 bits per heavy atom. The topological polar surface area (TPSA) is 55.6 Å². The summed E-state index contributed by atoms with van der Waals surface area (Å²) in [6.45, 7) is 2.27. The molecule has 1 aromatic carbocycles. The van der Waals surface area contributed by atoms with Gasteiger partial charge in [0, 0.05) is 18.8 Å². The molecular formula is C16H23ClN2O2. The highest BCUT2D eigenvalue weighted by Gasteiger charge is 2.27. The summed E-state index contributed by atoms with van der Waals surface area (Å²) in [7, 11) is 3.36. The minimum absolute atomic E-state index is 0.387. The van der Waals surface area contributed by atoms with E-state index in [-0.39, 0.29) is 0 Å². The molecule has 116 valence electrons. The molecule has 5 heteroatoms. The molecule has 1 aromatic rings. The number of nitrogens with zero attached hydrogens (tertiary/aromatic N) is 1. The summed E-state index contributed by atoms with van der Waals surface area (Å²) < 4.78 is 4.87. The lowest BCUT2D eigenvalue weighted by Gasteiger charge is -2.36. The Labute approximate surface area is 131 Å². The number of carbonyl (C=O) groups is 1. The Morgan fingerprint density at radius 1 is 1.43 bits per heavy atom. The van der Waals surface area contributed by atoms with E-state index < -0.39 is 5.97 Å². The summed E-state index contributed by atoms with van der Waals surface area (Å²) in [5.74, 6) is 0.287. The van der Waals surface area contributed by atoms with Crippen LogP contribution in [-0.4, -0.2) is 26.2 Å². The minimum atomic E-state index is -0.407. The van der Waals surface area contributed by atoms with Crippen molar-refractivity contribution in [1.29, 1.82) is 0 Å². The maximum absolute atomic E-state index is 12.0. The quantitative estimate of drug-likeness (QED) is 0.683. The summed E-state index contributed by atoms with van der Waals surface area (Å²) in [5, 5.41) is 0.496. The first-order chi connectivity index (χ1) is 9.93. The Kier molecular flexibility index (Phi) is 4.99. The fraction of sp³-hybridized carbons (Fsp3) is 0.562. The molecule has 2 N–H and O–H groups in total. The molecule has 0 spiro atoms. The van der Waals surface area contributed by atoms with Crippen LogP contribution in [0.5, 0.6) is 0 Å². The van der Waals surface area contributed by atoms with E-state index in [9.17, 15) is 4.79 Å². The number of nitrogens with two attached hydrogens (primary N) is 1. The van der Waals surface area contributed by atoms with E-state index in [0.717, 1.165) is 18.5 Å². The van der Waals surface area contributed by atoms with Crippen LogP contribution in [0.15, 0.2) is 12.1 Å². The molecule has 2 atom stereocenters. The predicted molar refractivity (Wildman–Crippen MR) is 87.0 cm³/mol. The van der Waals surface area contributed by atoms with Crippen LogP contribution in [-0.2, 0) is 4.74 Å². The van der Waals surface area contributed by atoms with E-state index >= 15 is 0 Å². The SMILES string of the molecule is COC(=O)c1cc(N)cc(Cl)c1N(C)C1CCCC(C)C1. The van der Waals surface area contributed by atoms with Crippen molar-refractivity contribution in [3.63, 3.8) is 0 Å². The third kappa shape index (κ3) is 3.43. The first-order valence-corrected chi connectivity index (χ1v) is 7.72. The van der Waals surface area contributed by atoms with Gasteiger partial charge in [-0.3, -0.25) is 0 Å². The smallest absolute Gasteiger partial charge is 0.340 e. The Balaban J connectivity index is 2.39. The number of hydrogen-bond acceptors (Lipinski definition) is 4. The van der Waals surface area contributed by atoms with E-state index in [2.05, 4.69) is 11.8 Å². The molecule has 0 aromatic heterocycles. The van der Waals surface area contributed by atoms with Gasteiger partial charge in [-0.2, -0.15) is 0 Å². The van der Waals surface area contributed by atoms with E-state index in [1.165, 1.54) is 20.0 Å². The standard InChI is InChI=1S/C16H23ClN2O2/c1-10-5-4-6-12(7-10)19(2)15-13(16(20)21-3)8-11(18)9-14(15)17/h8-10,12H,4-7,18H2,1-3H3. The average Bonchev–Trinajstić information content (AvgIpc) is 2.45. The number of ether oxygens (including phenoxy) is 1. The van der Waals surface area contributed by atoms with E-state index in [4.69, 9.17) is 22.1 Å². The zero-order valence-electron chi connectivity index (χ0n) is 12.9. The summed E-state index contributed by atoms with van der Waals surface area (Å²) in [6.07, 6.45) is 4.69. The number of benzene rings is 1. The summed E-state index contributed by atoms with van der Waals surface area (Å²) in [6, 6.07) is 3.71. The van der Waals surface area contributed by atoms with E-state index in [0.29, 0.717) is 28.2 Å². The maximum atomic E-state index is 12.0. The maximum Gasteiger partial charge on any atom is 0.340 e. The second kappa shape index (κ2) is 6.56. The van der Waals surface area contributed by atoms with Crippen LogP contribution in [0.2, 0.25) is 5.02 Å². The van der Waals surface area contributed by atoms with Gasteiger partial charge < -0.3 is 15.4 Å². The van der Waals surface area contributed by atoms with Crippen LogP contribution in [0.4, 0.5) is 11.4 Å². The number of halogens is 1. The zero-order valence-corrected chi connectivity index (χ0v) is 13.6. The second-order valence-corrected chi connectivity index (χ2v) is 6.33. The van der Waals surface area contributed by atoms with Crippen LogP contribution in [0.3, 0.4) is 0 Å². The fourth-order valence-electron chi connectivity index (χ4n) is 3.18. The van der Waals surface area contributed by atoms with Crippen LogP contribution < -0.4 is 10.6 Å². The number of carbonyl (C=O) groups excluding carboxylic acids is 1. The van der Waals surface area contributed by atoms with Gasteiger partial charge in [0.2, 0.25) is 0 Å². The Hall–Kier alpha value is -1.42. The molecule has 0 radical (unpaired) electrons. The number of nitrogen functional groups attached to an aromatic ring is 1. The number of hydrogen-bond donors (Lipinski definition) is 1. The van der Waals surface area contributed by atoms with Gasteiger partial charge in [-0.25, -0.2) is 4.79 Å². The highest BCUT2D eigenvalue weighted by Crippen LogP contribution is 2.37. The fourth-order valence-corrected chi connectivity index (χ4v) is 3.54. The first-order valence-electron chi connectivity index (χ1n) is 7.34. The second-order valence-electron chi connectivity index (χ2n) is 5.93. The van der Waals surface area contributed by atoms with Gasteiger partial charge in [0.25, 0.3) is 0 Å². The van der Waals surface area contributed by atoms with Crippen LogP contribution in [0, 0.1) is 5.92 Å². The lowest BCUT2D eigenvalue weighted by molar-refractivity contribution is 0.0601. The average molecular weight is 311 g/mol. The molecule has 1 saturated carbocycles. The zero-order chi connectivity index (χ0) is 15.6. The van der Waals surface area contributed by atoms with Crippen molar-refractivity contribution in [2.75, 3.05) is 24.8 Å². The predicted octanol–water partition coefficient (Wildman–Crippen LogP) is 3.72. The van der Waals surface area contributed by atoms with Crippen molar-refractivity contribution in [1.82, 2.24) is 0 Å². The molecule has 0 saturated heterocycles. The molecule has 21 heavy (non-hydrogen) atoms. The van der Waals surface area contributed by atoms with E-state index in [1.54, 1.807) is 12.1 Å². The van der Waals surface area contributed by atoms with Crippen molar-refractivity contribution in [2.45, 2.75) is 38.6 Å². The van der Waals surface area contributed by atoms with Gasteiger partial charge in [0.1, 0.15) is 0 Å². The van der Waals surface area contributed by atoms with Crippen LogP contribution in [0.25, 0.3) is 0 Å². The summed E-state index contributed by atoms with van der Waals surface area (Å²) in [4.78, 5) is 14.1. The molecule has 0 bridgehead atoms. The van der Waals surface area contributed by atoms with Gasteiger partial charge in [0.15, 0.2) is 0 Å². The molecular weight excluding hydrogens is 288 g/mol. The van der Waals surface area contributed by atoms with Crippen molar-refractivity contribution in [3.05, 3.63) is 22.7 Å². The normalized spacial score (nSPS) is 21.9. The first kappa shape index (κ1) is 16.0.